The van der Waals surface area contributed by atoms with Gasteiger partial charge in [-0.2, -0.15) is 0 Å². The number of rotatable bonds is 4. The standard InChI is InChI=1S/C14H19N3O2/c1-19-10-8-12(15-9-10)14-16-11-4-2-3-5-13(11)17(14)6-7-18/h2-5,10,12,15,18H,6-9H2,1H3. The lowest BCUT2D eigenvalue weighted by Crippen LogP contribution is -2.19. The molecule has 1 aromatic heterocycles. The minimum absolute atomic E-state index is 0.119. The Morgan fingerprint density at radius 3 is 3.05 bits per heavy atom. The van der Waals surface area contributed by atoms with Gasteiger partial charge in [-0.3, -0.25) is 0 Å². The van der Waals surface area contributed by atoms with E-state index in [4.69, 9.17) is 9.72 Å². The van der Waals surface area contributed by atoms with Crippen LogP contribution in [-0.4, -0.2) is 41.0 Å². The minimum atomic E-state index is 0.119. The average Bonchev–Trinajstić information content (AvgIpc) is 3.04. The molecule has 19 heavy (non-hydrogen) atoms. The molecule has 0 aliphatic carbocycles. The van der Waals surface area contributed by atoms with Gasteiger partial charge in [0.2, 0.25) is 0 Å². The summed E-state index contributed by atoms with van der Waals surface area (Å²) < 4.78 is 7.49. The van der Waals surface area contributed by atoms with Crippen LogP contribution in [0.25, 0.3) is 11.0 Å². The fourth-order valence-corrected chi connectivity index (χ4v) is 2.77. The van der Waals surface area contributed by atoms with E-state index in [1.807, 2.05) is 24.3 Å². The number of nitrogens with one attached hydrogen (secondary N) is 1. The van der Waals surface area contributed by atoms with E-state index in [2.05, 4.69) is 9.88 Å². The first kappa shape index (κ1) is 12.6. The number of aliphatic hydroxyl groups is 1. The molecular formula is C14H19N3O2. The fraction of sp³-hybridized carbons (Fsp3) is 0.500. The van der Waals surface area contributed by atoms with Crippen LogP contribution < -0.4 is 5.32 Å². The van der Waals surface area contributed by atoms with Gasteiger partial charge in [0.15, 0.2) is 0 Å². The Balaban J connectivity index is 2.00. The lowest BCUT2D eigenvalue weighted by molar-refractivity contribution is 0.117. The molecule has 1 aliphatic rings. The van der Waals surface area contributed by atoms with Crippen LogP contribution in [-0.2, 0) is 11.3 Å². The van der Waals surface area contributed by atoms with Gasteiger partial charge in [-0.15, -0.1) is 0 Å². The number of fused-ring (bicyclic) bond motifs is 1. The molecule has 1 aliphatic heterocycles. The van der Waals surface area contributed by atoms with Crippen LogP contribution in [0.5, 0.6) is 0 Å². The summed E-state index contributed by atoms with van der Waals surface area (Å²) in [6, 6.07) is 8.24. The molecule has 2 unspecified atom stereocenters. The van der Waals surface area contributed by atoms with E-state index in [0.29, 0.717) is 6.54 Å². The van der Waals surface area contributed by atoms with E-state index in [-0.39, 0.29) is 18.8 Å². The van der Waals surface area contributed by atoms with Gasteiger partial charge in [-0.1, -0.05) is 12.1 Å². The zero-order valence-electron chi connectivity index (χ0n) is 11.0. The van der Waals surface area contributed by atoms with Crippen LogP contribution in [0.1, 0.15) is 18.3 Å². The van der Waals surface area contributed by atoms with E-state index in [9.17, 15) is 5.11 Å². The van der Waals surface area contributed by atoms with Crippen molar-refractivity contribution in [2.45, 2.75) is 25.1 Å². The predicted molar refractivity (Wildman–Crippen MR) is 73.0 cm³/mol. The van der Waals surface area contributed by atoms with E-state index < -0.39 is 0 Å². The zero-order valence-corrected chi connectivity index (χ0v) is 11.0. The van der Waals surface area contributed by atoms with Crippen LogP contribution in [0.15, 0.2) is 24.3 Å². The molecule has 1 saturated heterocycles. The smallest absolute Gasteiger partial charge is 0.127 e. The molecule has 0 saturated carbocycles. The average molecular weight is 261 g/mol. The SMILES string of the molecule is COC1CNC(c2nc3ccccc3n2CCO)C1. The second-order valence-corrected chi connectivity index (χ2v) is 4.89. The Hall–Kier alpha value is -1.43. The number of aromatic nitrogens is 2. The van der Waals surface area contributed by atoms with Crippen molar-refractivity contribution in [2.75, 3.05) is 20.3 Å². The number of ether oxygens (including phenoxy) is 1. The fourth-order valence-electron chi connectivity index (χ4n) is 2.77. The second-order valence-electron chi connectivity index (χ2n) is 4.89. The molecule has 1 fully saturated rings. The third-order valence-electron chi connectivity index (χ3n) is 3.74. The third-order valence-corrected chi connectivity index (χ3v) is 3.74. The monoisotopic (exact) mass is 261 g/mol. The summed E-state index contributed by atoms with van der Waals surface area (Å²) in [5, 5.41) is 12.7. The third kappa shape index (κ3) is 2.25. The quantitative estimate of drug-likeness (QED) is 0.864. The van der Waals surface area contributed by atoms with Crippen LogP contribution in [0.4, 0.5) is 0 Å². The van der Waals surface area contributed by atoms with Crippen LogP contribution in [0, 0.1) is 0 Å². The molecule has 2 atom stereocenters. The van der Waals surface area contributed by atoms with Crippen molar-refractivity contribution >= 4 is 11.0 Å². The van der Waals surface area contributed by atoms with E-state index in [1.54, 1.807) is 7.11 Å². The molecule has 2 heterocycles. The molecule has 5 nitrogen and oxygen atoms in total. The van der Waals surface area contributed by atoms with Crippen molar-refractivity contribution in [1.82, 2.24) is 14.9 Å². The summed E-state index contributed by atoms with van der Waals surface area (Å²) >= 11 is 0. The largest absolute Gasteiger partial charge is 0.395 e. The van der Waals surface area contributed by atoms with Gasteiger partial charge in [-0.25, -0.2) is 4.98 Å². The molecule has 3 rings (SSSR count). The van der Waals surface area contributed by atoms with Crippen molar-refractivity contribution in [3.8, 4) is 0 Å². The molecule has 5 heteroatoms. The summed E-state index contributed by atoms with van der Waals surface area (Å²) in [4.78, 5) is 4.72. The number of imidazole rings is 1. The highest BCUT2D eigenvalue weighted by Crippen LogP contribution is 2.27. The van der Waals surface area contributed by atoms with Crippen molar-refractivity contribution in [2.24, 2.45) is 0 Å². The summed E-state index contributed by atoms with van der Waals surface area (Å²) in [5.74, 6) is 0.995. The van der Waals surface area contributed by atoms with Gasteiger partial charge >= 0.3 is 0 Å². The zero-order chi connectivity index (χ0) is 13.2. The lowest BCUT2D eigenvalue weighted by Gasteiger charge is -2.13. The summed E-state index contributed by atoms with van der Waals surface area (Å²) in [5.41, 5.74) is 2.06. The topological polar surface area (TPSA) is 59.3 Å². The van der Waals surface area contributed by atoms with Crippen molar-refractivity contribution in [1.29, 1.82) is 0 Å². The summed E-state index contributed by atoms with van der Waals surface area (Å²) in [6.07, 6.45) is 1.16. The Morgan fingerprint density at radius 2 is 2.32 bits per heavy atom. The maximum absolute atomic E-state index is 9.27. The van der Waals surface area contributed by atoms with E-state index in [1.165, 1.54) is 0 Å². The summed E-state index contributed by atoms with van der Waals surface area (Å²) in [7, 11) is 1.74. The highest BCUT2D eigenvalue weighted by Gasteiger charge is 2.29. The Bertz CT molecular complexity index is 567. The van der Waals surface area contributed by atoms with E-state index >= 15 is 0 Å². The second kappa shape index (κ2) is 5.28. The van der Waals surface area contributed by atoms with Crippen molar-refractivity contribution in [3.05, 3.63) is 30.1 Å². The van der Waals surface area contributed by atoms with Crippen LogP contribution in [0.3, 0.4) is 0 Å². The first-order valence-electron chi connectivity index (χ1n) is 6.65. The van der Waals surface area contributed by atoms with Gasteiger partial charge in [0.25, 0.3) is 0 Å². The molecular weight excluding hydrogens is 242 g/mol. The molecule has 0 bridgehead atoms. The van der Waals surface area contributed by atoms with Crippen LogP contribution >= 0.6 is 0 Å². The Morgan fingerprint density at radius 1 is 1.47 bits per heavy atom. The lowest BCUT2D eigenvalue weighted by atomic mass is 10.2. The van der Waals surface area contributed by atoms with Crippen molar-refractivity contribution < 1.29 is 9.84 Å². The maximum Gasteiger partial charge on any atom is 0.127 e. The highest BCUT2D eigenvalue weighted by molar-refractivity contribution is 5.76. The minimum Gasteiger partial charge on any atom is -0.395 e. The van der Waals surface area contributed by atoms with Crippen molar-refractivity contribution in [3.63, 3.8) is 0 Å². The first-order chi connectivity index (χ1) is 9.33. The number of aliphatic hydroxyl groups excluding tert-OH is 1. The van der Waals surface area contributed by atoms with Crippen LogP contribution in [0.2, 0.25) is 0 Å². The molecule has 102 valence electrons. The Labute approximate surface area is 112 Å². The highest BCUT2D eigenvalue weighted by atomic mass is 16.5. The normalized spacial score (nSPS) is 23.3. The van der Waals surface area contributed by atoms with Gasteiger partial charge in [-0.05, 0) is 18.6 Å². The Kier molecular flexibility index (Phi) is 3.50. The first-order valence-corrected chi connectivity index (χ1v) is 6.65. The summed E-state index contributed by atoms with van der Waals surface area (Å²) in [6.45, 7) is 1.54. The maximum atomic E-state index is 9.27. The molecule has 0 spiro atoms. The molecule has 0 amide bonds. The number of hydrogen-bond acceptors (Lipinski definition) is 4. The molecule has 2 N–H and O–H groups in total. The van der Waals surface area contributed by atoms with E-state index in [0.717, 1.165) is 29.8 Å². The number of benzene rings is 1. The number of hydrogen-bond donors (Lipinski definition) is 2. The molecule has 2 aromatic rings. The van der Waals surface area contributed by atoms with Gasteiger partial charge in [0.1, 0.15) is 5.82 Å². The van der Waals surface area contributed by atoms with Gasteiger partial charge < -0.3 is 19.7 Å². The number of methoxy groups -OCH3 is 1. The molecule has 0 radical (unpaired) electrons. The number of nitrogens with zero attached hydrogens (tertiary/aromatic N) is 2. The van der Waals surface area contributed by atoms with Gasteiger partial charge in [0.05, 0.1) is 29.8 Å². The number of para-hydroxylation sites is 2. The molecule has 1 aromatic carbocycles. The predicted octanol–water partition coefficient (Wildman–Crippen LogP) is 1.08. The van der Waals surface area contributed by atoms with Gasteiger partial charge in [0, 0.05) is 20.2 Å².